The van der Waals surface area contributed by atoms with Crippen LogP contribution >= 0.6 is 0 Å². The molecule has 3 rings (SSSR count). The van der Waals surface area contributed by atoms with Gasteiger partial charge in [0, 0.05) is 19.2 Å². The number of anilines is 1. The first-order valence-corrected chi connectivity index (χ1v) is 12.5. The Morgan fingerprint density at radius 1 is 1.06 bits per heavy atom. The molecule has 34 heavy (non-hydrogen) atoms. The number of sulfonamides is 1. The fourth-order valence-corrected chi connectivity index (χ4v) is 5.62. The van der Waals surface area contributed by atoms with Gasteiger partial charge in [0.05, 0.1) is 37.7 Å². The van der Waals surface area contributed by atoms with Gasteiger partial charge >= 0.3 is 5.97 Å². The molecule has 0 fully saturated rings. The molecular formula is C24H30N2O7S. The second-order valence-electron chi connectivity index (χ2n) is 7.73. The van der Waals surface area contributed by atoms with Crippen LogP contribution in [0.2, 0.25) is 0 Å². The molecule has 0 aliphatic carbocycles. The predicted octanol–water partition coefficient (Wildman–Crippen LogP) is 3.29. The van der Waals surface area contributed by atoms with Crippen molar-refractivity contribution in [2.45, 2.75) is 44.6 Å². The molecule has 1 atom stereocenters. The zero-order chi connectivity index (χ0) is 24.9. The molecule has 1 amide bonds. The minimum absolute atomic E-state index is 0.0656. The van der Waals surface area contributed by atoms with Gasteiger partial charge in [0.2, 0.25) is 15.9 Å². The quantitative estimate of drug-likeness (QED) is 0.537. The van der Waals surface area contributed by atoms with E-state index in [0.29, 0.717) is 42.4 Å². The van der Waals surface area contributed by atoms with Crippen molar-refractivity contribution in [3.05, 3.63) is 47.5 Å². The van der Waals surface area contributed by atoms with Crippen molar-refractivity contribution >= 4 is 27.6 Å². The van der Waals surface area contributed by atoms with E-state index >= 15 is 0 Å². The van der Waals surface area contributed by atoms with Crippen molar-refractivity contribution in [2.75, 3.05) is 32.2 Å². The summed E-state index contributed by atoms with van der Waals surface area (Å²) in [6, 6.07) is 8.79. The SMILES string of the molecule is CCOc1cc2c(cc1OCC)[C@@H](CC(=O)OC)N(S(=O)(=O)c1ccc(NC(C)=O)cc1)CC2. The standard InChI is InChI=1S/C24H30N2O7S/c1-5-32-22-13-17-11-12-26(21(15-24(28)31-4)20(17)14-23(22)33-6-2)34(29,30)19-9-7-18(8-10-19)25-16(3)27/h7-10,13-14,21H,5-6,11-12,15H2,1-4H3,(H,25,27)/t21-/m1/s1. The Balaban J connectivity index is 2.05. The van der Waals surface area contributed by atoms with Gasteiger partial charge in [-0.1, -0.05) is 0 Å². The number of carbonyl (C=O) groups excluding carboxylic acids is 2. The van der Waals surface area contributed by atoms with E-state index in [2.05, 4.69) is 5.32 Å². The number of nitrogens with zero attached hydrogens (tertiary/aromatic N) is 1. The van der Waals surface area contributed by atoms with Gasteiger partial charge in [-0.2, -0.15) is 4.31 Å². The van der Waals surface area contributed by atoms with E-state index in [1.54, 1.807) is 6.07 Å². The molecule has 0 radical (unpaired) electrons. The fraction of sp³-hybridized carbons (Fsp3) is 0.417. The highest BCUT2D eigenvalue weighted by Crippen LogP contribution is 2.42. The molecule has 1 heterocycles. The summed E-state index contributed by atoms with van der Waals surface area (Å²) in [4.78, 5) is 23.6. The first-order valence-electron chi connectivity index (χ1n) is 11.1. The van der Waals surface area contributed by atoms with Crippen LogP contribution in [0.15, 0.2) is 41.3 Å². The Labute approximate surface area is 200 Å². The maximum absolute atomic E-state index is 13.6. The number of ether oxygens (including phenoxy) is 3. The number of fused-ring (bicyclic) bond motifs is 1. The van der Waals surface area contributed by atoms with E-state index in [1.165, 1.54) is 42.6 Å². The number of hydrogen-bond acceptors (Lipinski definition) is 7. The van der Waals surface area contributed by atoms with Crippen molar-refractivity contribution in [1.82, 2.24) is 4.31 Å². The van der Waals surface area contributed by atoms with Crippen LogP contribution in [0.3, 0.4) is 0 Å². The fourth-order valence-electron chi connectivity index (χ4n) is 4.01. The largest absolute Gasteiger partial charge is 0.490 e. The number of nitrogens with one attached hydrogen (secondary N) is 1. The van der Waals surface area contributed by atoms with E-state index < -0.39 is 22.0 Å². The lowest BCUT2D eigenvalue weighted by atomic mass is 9.91. The van der Waals surface area contributed by atoms with Crippen LogP contribution in [0.4, 0.5) is 5.69 Å². The molecule has 2 aromatic rings. The van der Waals surface area contributed by atoms with Gasteiger partial charge in [0.1, 0.15) is 0 Å². The van der Waals surface area contributed by atoms with Gasteiger partial charge < -0.3 is 19.5 Å². The number of hydrogen-bond donors (Lipinski definition) is 1. The lowest BCUT2D eigenvalue weighted by molar-refractivity contribution is -0.141. The second kappa shape index (κ2) is 10.9. The highest BCUT2D eigenvalue weighted by Gasteiger charge is 2.38. The molecule has 184 valence electrons. The molecule has 0 spiro atoms. The maximum atomic E-state index is 13.6. The Morgan fingerprint density at radius 2 is 1.68 bits per heavy atom. The van der Waals surface area contributed by atoms with Crippen molar-refractivity contribution < 1.29 is 32.2 Å². The summed E-state index contributed by atoms with van der Waals surface area (Å²) in [5.74, 6) is 0.311. The summed E-state index contributed by atoms with van der Waals surface area (Å²) in [5.41, 5.74) is 2.07. The van der Waals surface area contributed by atoms with Gasteiger partial charge in [-0.05, 0) is 67.8 Å². The average Bonchev–Trinajstić information content (AvgIpc) is 2.80. The summed E-state index contributed by atoms with van der Waals surface area (Å²) in [5, 5.41) is 2.62. The van der Waals surface area contributed by atoms with Gasteiger partial charge in [-0.3, -0.25) is 9.59 Å². The zero-order valence-electron chi connectivity index (χ0n) is 19.8. The summed E-state index contributed by atoms with van der Waals surface area (Å²) in [6.07, 6.45) is 0.301. The van der Waals surface area contributed by atoms with E-state index in [4.69, 9.17) is 14.2 Å². The van der Waals surface area contributed by atoms with Crippen LogP contribution < -0.4 is 14.8 Å². The summed E-state index contributed by atoms with van der Waals surface area (Å²) >= 11 is 0. The van der Waals surface area contributed by atoms with Crippen LogP contribution in [-0.2, 0) is 30.8 Å². The minimum Gasteiger partial charge on any atom is -0.490 e. The Morgan fingerprint density at radius 3 is 2.24 bits per heavy atom. The Hall–Kier alpha value is -3.11. The van der Waals surface area contributed by atoms with Crippen LogP contribution in [0, 0.1) is 0 Å². The van der Waals surface area contributed by atoms with E-state index in [1.807, 2.05) is 19.9 Å². The van der Waals surface area contributed by atoms with Crippen molar-refractivity contribution in [1.29, 1.82) is 0 Å². The first-order chi connectivity index (χ1) is 16.2. The van der Waals surface area contributed by atoms with Gasteiger partial charge in [0.15, 0.2) is 11.5 Å². The molecule has 9 nitrogen and oxygen atoms in total. The van der Waals surface area contributed by atoms with Gasteiger partial charge in [-0.15, -0.1) is 0 Å². The number of benzene rings is 2. The number of carbonyl (C=O) groups is 2. The van der Waals surface area contributed by atoms with Crippen LogP contribution in [0.5, 0.6) is 11.5 Å². The Bertz CT molecular complexity index is 1150. The van der Waals surface area contributed by atoms with Crippen LogP contribution in [0.25, 0.3) is 0 Å². The molecule has 10 heteroatoms. The molecule has 1 aliphatic rings. The monoisotopic (exact) mass is 490 g/mol. The van der Waals surface area contributed by atoms with Crippen molar-refractivity contribution in [2.24, 2.45) is 0 Å². The number of rotatable bonds is 9. The number of esters is 1. The second-order valence-corrected chi connectivity index (χ2v) is 9.62. The number of methoxy groups -OCH3 is 1. The van der Waals surface area contributed by atoms with Gasteiger partial charge in [0.25, 0.3) is 0 Å². The van der Waals surface area contributed by atoms with Crippen LogP contribution in [-0.4, -0.2) is 51.5 Å². The molecular weight excluding hydrogens is 460 g/mol. The van der Waals surface area contributed by atoms with E-state index in [0.717, 1.165) is 5.56 Å². The highest BCUT2D eigenvalue weighted by atomic mass is 32.2. The third kappa shape index (κ3) is 5.51. The summed E-state index contributed by atoms with van der Waals surface area (Å²) in [7, 11) is -2.68. The molecule has 2 aromatic carbocycles. The van der Waals surface area contributed by atoms with E-state index in [-0.39, 0.29) is 23.8 Å². The van der Waals surface area contributed by atoms with Crippen molar-refractivity contribution in [3.63, 3.8) is 0 Å². The summed E-state index contributed by atoms with van der Waals surface area (Å²) in [6.45, 7) is 6.15. The molecule has 0 bridgehead atoms. The van der Waals surface area contributed by atoms with Gasteiger partial charge in [-0.25, -0.2) is 8.42 Å². The molecule has 0 saturated heterocycles. The number of amides is 1. The normalized spacial score (nSPS) is 15.8. The zero-order valence-corrected chi connectivity index (χ0v) is 20.6. The molecule has 0 aromatic heterocycles. The van der Waals surface area contributed by atoms with E-state index in [9.17, 15) is 18.0 Å². The lowest BCUT2D eigenvalue weighted by Crippen LogP contribution is -2.41. The minimum atomic E-state index is -3.96. The van der Waals surface area contributed by atoms with Crippen molar-refractivity contribution in [3.8, 4) is 11.5 Å². The first kappa shape index (κ1) is 25.5. The lowest BCUT2D eigenvalue weighted by Gasteiger charge is -2.36. The maximum Gasteiger partial charge on any atom is 0.307 e. The predicted molar refractivity (Wildman–Crippen MR) is 126 cm³/mol. The molecule has 1 aliphatic heterocycles. The highest BCUT2D eigenvalue weighted by molar-refractivity contribution is 7.89. The summed E-state index contributed by atoms with van der Waals surface area (Å²) < 4.78 is 44.9. The molecule has 1 N–H and O–H groups in total. The molecule has 0 unspecified atom stereocenters. The average molecular weight is 491 g/mol. The molecule has 0 saturated carbocycles. The Kier molecular flexibility index (Phi) is 8.16. The third-order valence-corrected chi connectivity index (χ3v) is 7.40. The third-order valence-electron chi connectivity index (χ3n) is 5.48. The van der Waals surface area contributed by atoms with Crippen LogP contribution in [0.1, 0.15) is 44.4 Å². The smallest absolute Gasteiger partial charge is 0.307 e. The topological polar surface area (TPSA) is 111 Å².